The molecule has 0 aromatic rings. The lowest BCUT2D eigenvalue weighted by Crippen LogP contribution is -2.43. The third-order valence-corrected chi connectivity index (χ3v) is 3.10. The molecule has 0 spiro atoms. The molecule has 1 aliphatic rings. The number of carbonyl (C=O) groups is 3. The van der Waals surface area contributed by atoms with Crippen molar-refractivity contribution in [2.45, 2.75) is 13.3 Å². The maximum atomic E-state index is 11.7. The topological polar surface area (TPSA) is 122 Å². The number of ether oxygens (including phenoxy) is 1. The number of amides is 3. The van der Waals surface area contributed by atoms with E-state index < -0.39 is 17.3 Å². The molecule has 1 saturated heterocycles. The van der Waals surface area contributed by atoms with Gasteiger partial charge in [0.25, 0.3) is 0 Å². The number of hydrogen-bond donors (Lipinski definition) is 3. The van der Waals surface area contributed by atoms with Gasteiger partial charge in [0.2, 0.25) is 5.91 Å². The molecule has 108 valence electrons. The molecule has 1 rings (SSSR count). The Morgan fingerprint density at radius 3 is 2.68 bits per heavy atom. The minimum absolute atomic E-state index is 0.124. The average Bonchev–Trinajstić information content (AvgIpc) is 2.72. The molecule has 4 N–H and O–H groups in total. The van der Waals surface area contributed by atoms with Crippen molar-refractivity contribution in [1.29, 1.82) is 0 Å². The first-order chi connectivity index (χ1) is 8.85. The third kappa shape index (κ3) is 4.40. The highest BCUT2D eigenvalue weighted by molar-refractivity contribution is 5.83. The molecule has 19 heavy (non-hydrogen) atoms. The molecule has 0 radical (unpaired) electrons. The molecule has 1 atom stereocenters. The molecule has 1 aliphatic heterocycles. The van der Waals surface area contributed by atoms with Gasteiger partial charge >= 0.3 is 12.0 Å². The summed E-state index contributed by atoms with van der Waals surface area (Å²) >= 11 is 0. The normalized spacial score (nSPS) is 22.3. The quantitative estimate of drug-likeness (QED) is 0.535. The van der Waals surface area contributed by atoms with Crippen LogP contribution in [0.5, 0.6) is 0 Å². The summed E-state index contributed by atoms with van der Waals surface area (Å²) in [7, 11) is 0. The Morgan fingerprint density at radius 2 is 2.16 bits per heavy atom. The summed E-state index contributed by atoms with van der Waals surface area (Å²) in [4.78, 5) is 34.7. The van der Waals surface area contributed by atoms with E-state index in [1.807, 2.05) is 0 Å². The fourth-order valence-electron chi connectivity index (χ4n) is 1.84. The number of rotatable bonds is 6. The van der Waals surface area contributed by atoms with Gasteiger partial charge in [-0.25, -0.2) is 9.59 Å². The standard InChI is InChI=1S/C11H19N3O5/c1-11(9(12)17)2-4-14(7-11)10(18)13-3-5-19-6-8(15)16/h2-7H2,1H3,(H2,12,17)(H,13,18)(H,15,16). The van der Waals surface area contributed by atoms with Gasteiger partial charge in [-0.3, -0.25) is 4.79 Å². The van der Waals surface area contributed by atoms with E-state index in [9.17, 15) is 14.4 Å². The van der Waals surface area contributed by atoms with E-state index in [0.29, 0.717) is 19.5 Å². The van der Waals surface area contributed by atoms with Gasteiger partial charge in [0.05, 0.1) is 12.0 Å². The number of carboxylic acids is 1. The Hall–Kier alpha value is -1.83. The predicted octanol–water partition coefficient (Wildman–Crippen LogP) is -1.01. The van der Waals surface area contributed by atoms with Crippen LogP contribution in [0.25, 0.3) is 0 Å². The second-order valence-corrected chi connectivity index (χ2v) is 4.77. The number of nitrogens with one attached hydrogen (secondary N) is 1. The summed E-state index contributed by atoms with van der Waals surface area (Å²) in [5.41, 5.74) is 4.62. The van der Waals surface area contributed by atoms with E-state index in [-0.39, 0.29) is 25.8 Å². The molecular weight excluding hydrogens is 254 g/mol. The lowest BCUT2D eigenvalue weighted by Gasteiger charge is -2.21. The van der Waals surface area contributed by atoms with Gasteiger partial charge in [0, 0.05) is 19.6 Å². The van der Waals surface area contributed by atoms with Crippen LogP contribution in [0.2, 0.25) is 0 Å². The second kappa shape index (κ2) is 6.37. The number of aliphatic carboxylic acids is 1. The molecule has 1 fully saturated rings. The van der Waals surface area contributed by atoms with Crippen LogP contribution in [0.3, 0.4) is 0 Å². The zero-order valence-corrected chi connectivity index (χ0v) is 10.8. The summed E-state index contributed by atoms with van der Waals surface area (Å²) < 4.78 is 4.78. The van der Waals surface area contributed by atoms with Crippen molar-refractivity contribution in [2.24, 2.45) is 11.1 Å². The lowest BCUT2D eigenvalue weighted by molar-refractivity contribution is -0.142. The van der Waals surface area contributed by atoms with Crippen molar-refractivity contribution in [2.75, 3.05) is 32.8 Å². The largest absolute Gasteiger partial charge is 0.480 e. The SMILES string of the molecule is CC1(C(N)=O)CCN(C(=O)NCCOCC(=O)O)C1. The summed E-state index contributed by atoms with van der Waals surface area (Å²) in [5.74, 6) is -1.46. The lowest BCUT2D eigenvalue weighted by atomic mass is 9.89. The fourth-order valence-corrected chi connectivity index (χ4v) is 1.84. The minimum Gasteiger partial charge on any atom is -0.480 e. The van der Waals surface area contributed by atoms with E-state index in [2.05, 4.69) is 5.32 Å². The Balaban J connectivity index is 2.25. The summed E-state index contributed by atoms with van der Waals surface area (Å²) in [6, 6.07) is -0.302. The summed E-state index contributed by atoms with van der Waals surface area (Å²) in [6.45, 7) is 2.46. The molecule has 8 nitrogen and oxygen atoms in total. The maximum absolute atomic E-state index is 11.7. The van der Waals surface area contributed by atoms with Crippen molar-refractivity contribution < 1.29 is 24.2 Å². The number of primary amides is 1. The first-order valence-electron chi connectivity index (χ1n) is 5.97. The van der Waals surface area contributed by atoms with E-state index in [1.54, 1.807) is 6.92 Å². The Bertz CT molecular complexity index is 373. The number of likely N-dealkylation sites (tertiary alicyclic amines) is 1. The van der Waals surface area contributed by atoms with Crippen molar-refractivity contribution in [3.63, 3.8) is 0 Å². The van der Waals surface area contributed by atoms with Crippen LogP contribution in [0.4, 0.5) is 4.79 Å². The van der Waals surface area contributed by atoms with Crippen molar-refractivity contribution >= 4 is 17.9 Å². The minimum atomic E-state index is -1.05. The number of carbonyl (C=O) groups excluding carboxylic acids is 2. The molecule has 3 amide bonds. The smallest absolute Gasteiger partial charge is 0.329 e. The zero-order valence-electron chi connectivity index (χ0n) is 10.8. The highest BCUT2D eigenvalue weighted by Crippen LogP contribution is 2.29. The van der Waals surface area contributed by atoms with Crippen LogP contribution in [0, 0.1) is 5.41 Å². The van der Waals surface area contributed by atoms with Gasteiger partial charge in [-0.1, -0.05) is 0 Å². The number of hydrogen-bond acceptors (Lipinski definition) is 4. The molecule has 0 aromatic carbocycles. The van der Waals surface area contributed by atoms with Crippen LogP contribution >= 0.6 is 0 Å². The number of carboxylic acid groups (broad SMARTS) is 1. The Labute approximate surface area is 110 Å². The fraction of sp³-hybridized carbons (Fsp3) is 0.727. The van der Waals surface area contributed by atoms with Crippen LogP contribution in [0.1, 0.15) is 13.3 Å². The van der Waals surface area contributed by atoms with Gasteiger partial charge in [-0.15, -0.1) is 0 Å². The van der Waals surface area contributed by atoms with Crippen molar-refractivity contribution in [1.82, 2.24) is 10.2 Å². The van der Waals surface area contributed by atoms with Crippen LogP contribution in [-0.4, -0.2) is 60.8 Å². The highest BCUT2D eigenvalue weighted by Gasteiger charge is 2.40. The van der Waals surface area contributed by atoms with E-state index in [1.165, 1.54) is 4.90 Å². The maximum Gasteiger partial charge on any atom is 0.329 e. The number of nitrogens with two attached hydrogens (primary N) is 1. The van der Waals surface area contributed by atoms with E-state index in [0.717, 1.165) is 0 Å². The van der Waals surface area contributed by atoms with Crippen LogP contribution < -0.4 is 11.1 Å². The Morgan fingerprint density at radius 1 is 1.47 bits per heavy atom. The van der Waals surface area contributed by atoms with Crippen LogP contribution in [0.15, 0.2) is 0 Å². The monoisotopic (exact) mass is 273 g/mol. The summed E-state index contributed by atoms with van der Waals surface area (Å²) in [5, 5.41) is 10.9. The summed E-state index contributed by atoms with van der Waals surface area (Å²) in [6.07, 6.45) is 0.547. The first kappa shape index (κ1) is 15.2. The molecule has 0 aromatic heterocycles. The van der Waals surface area contributed by atoms with Gasteiger partial charge in [-0.05, 0) is 13.3 Å². The number of nitrogens with zero attached hydrogens (tertiary/aromatic N) is 1. The van der Waals surface area contributed by atoms with E-state index in [4.69, 9.17) is 15.6 Å². The predicted molar refractivity (Wildman–Crippen MR) is 65.3 cm³/mol. The molecule has 0 saturated carbocycles. The van der Waals surface area contributed by atoms with Crippen molar-refractivity contribution in [3.8, 4) is 0 Å². The van der Waals surface area contributed by atoms with Crippen LogP contribution in [-0.2, 0) is 14.3 Å². The Kier molecular flexibility index (Phi) is 5.11. The number of urea groups is 1. The highest BCUT2D eigenvalue weighted by atomic mass is 16.5. The first-order valence-corrected chi connectivity index (χ1v) is 5.97. The van der Waals surface area contributed by atoms with Gasteiger partial charge in [0.15, 0.2) is 0 Å². The molecule has 0 bridgehead atoms. The van der Waals surface area contributed by atoms with Crippen molar-refractivity contribution in [3.05, 3.63) is 0 Å². The molecular formula is C11H19N3O5. The zero-order chi connectivity index (χ0) is 14.5. The average molecular weight is 273 g/mol. The molecule has 1 unspecified atom stereocenters. The molecule has 8 heteroatoms. The third-order valence-electron chi connectivity index (χ3n) is 3.10. The van der Waals surface area contributed by atoms with Gasteiger partial charge in [-0.2, -0.15) is 0 Å². The van der Waals surface area contributed by atoms with Gasteiger partial charge in [0.1, 0.15) is 6.61 Å². The van der Waals surface area contributed by atoms with E-state index >= 15 is 0 Å². The second-order valence-electron chi connectivity index (χ2n) is 4.77. The molecule has 0 aliphatic carbocycles. The molecule has 1 heterocycles. The van der Waals surface area contributed by atoms with Gasteiger partial charge < -0.3 is 25.8 Å².